The van der Waals surface area contributed by atoms with E-state index in [1.165, 1.54) is 0 Å². The van der Waals surface area contributed by atoms with E-state index < -0.39 is 17.5 Å². The van der Waals surface area contributed by atoms with E-state index in [-0.39, 0.29) is 18.4 Å². The second kappa shape index (κ2) is 8.18. The van der Waals surface area contributed by atoms with Gasteiger partial charge in [0.1, 0.15) is 23.6 Å². The van der Waals surface area contributed by atoms with Crippen molar-refractivity contribution >= 4 is 23.5 Å². The lowest BCUT2D eigenvalue weighted by Crippen LogP contribution is -2.54. The molecular formula is C23H25N3O4. The molecule has 7 heteroatoms. The Kier molecular flexibility index (Phi) is 5.44. The molecule has 2 atom stereocenters. The zero-order chi connectivity index (χ0) is 21.1. The van der Waals surface area contributed by atoms with Gasteiger partial charge in [-0.15, -0.1) is 0 Å². The summed E-state index contributed by atoms with van der Waals surface area (Å²) < 4.78 is 5.73. The Morgan fingerprint density at radius 1 is 1.10 bits per heavy atom. The van der Waals surface area contributed by atoms with Crippen molar-refractivity contribution < 1.29 is 19.1 Å². The zero-order valence-corrected chi connectivity index (χ0v) is 16.9. The number of benzene rings is 2. The fourth-order valence-electron chi connectivity index (χ4n) is 4.21. The second-order valence-corrected chi connectivity index (χ2v) is 7.93. The van der Waals surface area contributed by atoms with Crippen LogP contribution in [0.4, 0.5) is 10.5 Å². The van der Waals surface area contributed by atoms with Crippen molar-refractivity contribution in [2.24, 2.45) is 5.92 Å². The van der Waals surface area contributed by atoms with E-state index in [4.69, 9.17) is 4.74 Å². The maximum Gasteiger partial charge on any atom is 0.325 e. The summed E-state index contributed by atoms with van der Waals surface area (Å²) in [6, 6.07) is 15.8. The van der Waals surface area contributed by atoms with Crippen molar-refractivity contribution in [3.05, 3.63) is 54.6 Å². The van der Waals surface area contributed by atoms with E-state index in [2.05, 4.69) is 10.6 Å². The van der Waals surface area contributed by atoms with Gasteiger partial charge in [0, 0.05) is 5.69 Å². The molecule has 0 aromatic heterocycles. The van der Waals surface area contributed by atoms with Crippen molar-refractivity contribution in [1.29, 1.82) is 0 Å². The van der Waals surface area contributed by atoms with Crippen molar-refractivity contribution in [2.45, 2.75) is 38.1 Å². The summed E-state index contributed by atoms with van der Waals surface area (Å²) in [7, 11) is 0. The van der Waals surface area contributed by atoms with Crippen LogP contribution < -0.4 is 15.4 Å². The second-order valence-electron chi connectivity index (χ2n) is 7.93. The van der Waals surface area contributed by atoms with Gasteiger partial charge >= 0.3 is 6.03 Å². The number of amides is 4. The molecule has 2 fully saturated rings. The number of hydrogen-bond acceptors (Lipinski definition) is 4. The fraction of sp³-hybridized carbons (Fsp3) is 0.348. The molecule has 2 unspecified atom stereocenters. The van der Waals surface area contributed by atoms with Crippen LogP contribution in [0.25, 0.3) is 0 Å². The highest BCUT2D eigenvalue weighted by Crippen LogP contribution is 2.38. The van der Waals surface area contributed by atoms with E-state index in [1.807, 2.05) is 37.3 Å². The van der Waals surface area contributed by atoms with Crippen LogP contribution in [0.15, 0.2) is 54.6 Å². The van der Waals surface area contributed by atoms with Crippen LogP contribution in [0, 0.1) is 5.92 Å². The molecule has 0 bridgehead atoms. The van der Waals surface area contributed by atoms with Crippen molar-refractivity contribution in [3.8, 4) is 11.5 Å². The minimum atomic E-state index is -0.855. The highest BCUT2D eigenvalue weighted by Gasteiger charge is 2.55. The molecule has 7 nitrogen and oxygen atoms in total. The molecule has 1 heterocycles. The van der Waals surface area contributed by atoms with Gasteiger partial charge < -0.3 is 15.4 Å². The van der Waals surface area contributed by atoms with Gasteiger partial charge in [-0.2, -0.15) is 0 Å². The topological polar surface area (TPSA) is 87.7 Å². The van der Waals surface area contributed by atoms with Crippen LogP contribution >= 0.6 is 0 Å². The summed E-state index contributed by atoms with van der Waals surface area (Å²) in [6.07, 6.45) is 3.47. The molecule has 1 spiro atoms. The van der Waals surface area contributed by atoms with Crippen molar-refractivity contribution in [2.75, 3.05) is 11.9 Å². The summed E-state index contributed by atoms with van der Waals surface area (Å²) in [4.78, 5) is 38.9. The Hall–Kier alpha value is -3.35. The zero-order valence-electron chi connectivity index (χ0n) is 16.9. The first-order chi connectivity index (χ1) is 14.5. The molecule has 1 aliphatic carbocycles. The van der Waals surface area contributed by atoms with Crippen LogP contribution in [-0.4, -0.2) is 34.8 Å². The Morgan fingerprint density at radius 3 is 2.50 bits per heavy atom. The molecule has 2 N–H and O–H groups in total. The third kappa shape index (κ3) is 3.87. The first-order valence-corrected chi connectivity index (χ1v) is 10.2. The first-order valence-electron chi connectivity index (χ1n) is 10.2. The molecule has 2 aliphatic rings. The summed E-state index contributed by atoms with van der Waals surface area (Å²) >= 11 is 0. The number of nitrogens with zero attached hydrogens (tertiary/aromatic N) is 1. The number of urea groups is 1. The number of carbonyl (C=O) groups excluding carboxylic acids is 3. The van der Waals surface area contributed by atoms with Crippen LogP contribution in [0.3, 0.4) is 0 Å². The van der Waals surface area contributed by atoms with Crippen molar-refractivity contribution in [3.63, 3.8) is 0 Å². The van der Waals surface area contributed by atoms with Crippen LogP contribution in [0.2, 0.25) is 0 Å². The summed E-state index contributed by atoms with van der Waals surface area (Å²) in [5, 5.41) is 5.59. The number of carbonyl (C=O) groups is 3. The number of rotatable bonds is 5. The van der Waals surface area contributed by atoms with Gasteiger partial charge in [0.05, 0.1) is 0 Å². The molecule has 1 saturated heterocycles. The quantitative estimate of drug-likeness (QED) is 0.736. The SMILES string of the molecule is CC1CCCCC12NC(=O)N(CC(=O)Nc1ccc(Oc3ccccc3)cc1)C2=O. The monoisotopic (exact) mass is 407 g/mol. The van der Waals surface area contributed by atoms with Crippen LogP contribution in [-0.2, 0) is 9.59 Å². The molecule has 2 aromatic carbocycles. The van der Waals surface area contributed by atoms with Gasteiger partial charge in [-0.1, -0.05) is 38.0 Å². The number of nitrogens with one attached hydrogen (secondary N) is 2. The average Bonchev–Trinajstić information content (AvgIpc) is 2.97. The number of imide groups is 1. The van der Waals surface area contributed by atoms with E-state index in [1.54, 1.807) is 24.3 Å². The maximum absolute atomic E-state index is 13.0. The molecule has 0 radical (unpaired) electrons. The van der Waals surface area contributed by atoms with E-state index in [9.17, 15) is 14.4 Å². The fourth-order valence-corrected chi connectivity index (χ4v) is 4.21. The normalized spacial score (nSPS) is 23.4. The highest BCUT2D eigenvalue weighted by molar-refractivity contribution is 6.10. The Labute approximate surface area is 175 Å². The smallest absolute Gasteiger partial charge is 0.325 e. The lowest BCUT2D eigenvalue weighted by atomic mass is 9.73. The standard InChI is InChI=1S/C23H25N3O4/c1-16-7-5-6-14-23(16)21(28)26(22(29)25-23)15-20(27)24-17-10-12-19(13-11-17)30-18-8-3-2-4-9-18/h2-4,8-13,16H,5-7,14-15H2,1H3,(H,24,27)(H,25,29). The molecule has 1 aliphatic heterocycles. The van der Waals surface area contributed by atoms with E-state index in [0.29, 0.717) is 17.9 Å². The largest absolute Gasteiger partial charge is 0.457 e. The van der Waals surface area contributed by atoms with Gasteiger partial charge in [0.2, 0.25) is 5.91 Å². The van der Waals surface area contributed by atoms with Crippen LogP contribution in [0.1, 0.15) is 32.6 Å². The summed E-state index contributed by atoms with van der Waals surface area (Å²) in [5.41, 5.74) is -0.292. The van der Waals surface area contributed by atoms with Gasteiger partial charge in [0.25, 0.3) is 5.91 Å². The molecule has 30 heavy (non-hydrogen) atoms. The van der Waals surface area contributed by atoms with E-state index >= 15 is 0 Å². The molecule has 156 valence electrons. The third-order valence-corrected chi connectivity index (χ3v) is 5.92. The molecule has 1 saturated carbocycles. The number of para-hydroxylation sites is 1. The first kappa shape index (κ1) is 19.9. The predicted molar refractivity (Wildman–Crippen MR) is 112 cm³/mol. The lowest BCUT2D eigenvalue weighted by Gasteiger charge is -2.36. The highest BCUT2D eigenvalue weighted by atomic mass is 16.5. The minimum absolute atomic E-state index is 0.0629. The Bertz CT molecular complexity index is 945. The van der Waals surface area contributed by atoms with Gasteiger partial charge in [-0.25, -0.2) is 4.79 Å². The average molecular weight is 407 g/mol. The minimum Gasteiger partial charge on any atom is -0.457 e. The molecular weight excluding hydrogens is 382 g/mol. The van der Waals surface area contributed by atoms with E-state index in [0.717, 1.165) is 29.9 Å². The molecule has 4 amide bonds. The Balaban J connectivity index is 1.36. The molecule has 2 aromatic rings. The third-order valence-electron chi connectivity index (χ3n) is 5.92. The maximum atomic E-state index is 13.0. The lowest BCUT2D eigenvalue weighted by molar-refractivity contribution is -0.136. The molecule has 4 rings (SSSR count). The van der Waals surface area contributed by atoms with Crippen molar-refractivity contribution in [1.82, 2.24) is 10.2 Å². The number of anilines is 1. The predicted octanol–water partition coefficient (Wildman–Crippen LogP) is 3.92. The van der Waals surface area contributed by atoms with Gasteiger partial charge in [-0.05, 0) is 55.2 Å². The Morgan fingerprint density at radius 2 is 1.80 bits per heavy atom. The van der Waals surface area contributed by atoms with Gasteiger partial charge in [-0.3, -0.25) is 14.5 Å². The number of hydrogen-bond donors (Lipinski definition) is 2. The van der Waals surface area contributed by atoms with Crippen LogP contribution in [0.5, 0.6) is 11.5 Å². The summed E-state index contributed by atoms with van der Waals surface area (Å²) in [5.74, 6) is 0.713. The summed E-state index contributed by atoms with van der Waals surface area (Å²) in [6.45, 7) is 1.68. The number of ether oxygens (including phenoxy) is 1. The van der Waals surface area contributed by atoms with Gasteiger partial charge in [0.15, 0.2) is 0 Å².